The first-order valence-electron chi connectivity index (χ1n) is 12.4. The predicted octanol–water partition coefficient (Wildman–Crippen LogP) is 1.57. The number of hydrogen-bond acceptors (Lipinski definition) is 9. The van der Waals surface area contributed by atoms with Crippen LogP contribution in [0.25, 0.3) is 11.2 Å². The quantitative estimate of drug-likeness (QED) is 0.412. The summed E-state index contributed by atoms with van der Waals surface area (Å²) in [7, 11) is 1.99. The molecule has 4 atom stereocenters. The summed E-state index contributed by atoms with van der Waals surface area (Å²) in [5.74, 6) is -0.427. The molecule has 3 aromatic rings. The van der Waals surface area contributed by atoms with Crippen LogP contribution in [0.3, 0.4) is 0 Å². The number of imidazole rings is 1. The fourth-order valence-corrected chi connectivity index (χ4v) is 4.91. The van der Waals surface area contributed by atoms with Crippen LogP contribution in [0, 0.1) is 6.92 Å². The molecule has 37 heavy (non-hydrogen) atoms. The Kier molecular flexibility index (Phi) is 6.99. The summed E-state index contributed by atoms with van der Waals surface area (Å²) >= 11 is 0. The normalized spacial score (nSPS) is 24.5. The van der Waals surface area contributed by atoms with Crippen LogP contribution in [-0.4, -0.2) is 81.2 Å². The zero-order valence-electron chi connectivity index (χ0n) is 21.5. The van der Waals surface area contributed by atoms with E-state index in [0.29, 0.717) is 43.2 Å². The number of nitrogens with two attached hydrogens (primary N) is 1. The number of nitrogen functional groups attached to an aromatic ring is 1. The minimum atomic E-state index is -0.741. The number of aryl methyl sites for hydroxylation is 1. The Morgan fingerprint density at radius 2 is 2.00 bits per heavy atom. The zero-order valence-corrected chi connectivity index (χ0v) is 21.5. The van der Waals surface area contributed by atoms with Gasteiger partial charge >= 0.3 is 6.03 Å². The molecule has 1 aromatic carbocycles. The van der Waals surface area contributed by atoms with E-state index >= 15 is 0 Å². The van der Waals surface area contributed by atoms with Crippen molar-refractivity contribution in [3.8, 4) is 0 Å². The van der Waals surface area contributed by atoms with Gasteiger partial charge in [0.2, 0.25) is 0 Å². The van der Waals surface area contributed by atoms with Crippen LogP contribution < -0.4 is 16.4 Å². The summed E-state index contributed by atoms with van der Waals surface area (Å²) in [6.07, 6.45) is 1.71. The zero-order chi connectivity index (χ0) is 26.2. The van der Waals surface area contributed by atoms with Crippen molar-refractivity contribution in [3.63, 3.8) is 0 Å². The molecule has 2 aliphatic rings. The minimum Gasteiger partial charge on any atom is -0.382 e. The fraction of sp³-hybridized carbons (Fsp3) is 0.520. The molecule has 198 valence electrons. The average Bonchev–Trinajstić information content (AvgIpc) is 3.50. The number of ether oxygens (including phenoxy) is 3. The molecular weight excluding hydrogens is 476 g/mol. The lowest BCUT2D eigenvalue weighted by atomic mass is 10.1. The molecular formula is C25H34N8O4. The number of benzene rings is 1. The number of rotatable bonds is 8. The van der Waals surface area contributed by atoms with Crippen molar-refractivity contribution in [3.05, 3.63) is 48.0 Å². The van der Waals surface area contributed by atoms with E-state index in [-0.39, 0.29) is 24.3 Å². The maximum Gasteiger partial charge on any atom is 0.315 e. The van der Waals surface area contributed by atoms with E-state index in [0.717, 1.165) is 5.56 Å². The number of carbonyl (C=O) groups excluding carboxylic acids is 1. The van der Waals surface area contributed by atoms with Gasteiger partial charge in [-0.1, -0.05) is 29.8 Å². The maximum atomic E-state index is 12.2. The van der Waals surface area contributed by atoms with E-state index in [1.807, 2.05) is 50.6 Å². The minimum absolute atomic E-state index is 0.199. The number of urea groups is 1. The van der Waals surface area contributed by atoms with Crippen molar-refractivity contribution in [1.82, 2.24) is 35.1 Å². The second kappa shape index (κ2) is 10.2. The van der Waals surface area contributed by atoms with Crippen molar-refractivity contribution in [2.24, 2.45) is 0 Å². The van der Waals surface area contributed by atoms with Gasteiger partial charge in [-0.15, -0.1) is 0 Å². The molecule has 4 N–H and O–H groups in total. The van der Waals surface area contributed by atoms with E-state index in [4.69, 9.17) is 19.9 Å². The Hall–Kier alpha value is -3.32. The monoisotopic (exact) mass is 510 g/mol. The van der Waals surface area contributed by atoms with Crippen molar-refractivity contribution < 1.29 is 19.0 Å². The first-order valence-corrected chi connectivity index (χ1v) is 12.4. The van der Waals surface area contributed by atoms with Crippen molar-refractivity contribution >= 4 is 23.0 Å². The van der Waals surface area contributed by atoms with Gasteiger partial charge in [-0.25, -0.2) is 19.7 Å². The summed E-state index contributed by atoms with van der Waals surface area (Å²) in [6.45, 7) is 8.03. The SMILES string of the molecule is Cc1cccc(CNC(=O)NCCN(C)C[C@H]2OC(n3cnc4c(N)ncnc43)[C@@H]3OC(C)(C)O[C@H]23)c1. The van der Waals surface area contributed by atoms with Gasteiger partial charge in [0.05, 0.1) is 6.33 Å². The van der Waals surface area contributed by atoms with Crippen LogP contribution in [0.1, 0.15) is 31.2 Å². The van der Waals surface area contributed by atoms with Gasteiger partial charge in [-0.05, 0) is 33.4 Å². The summed E-state index contributed by atoms with van der Waals surface area (Å²) in [5.41, 5.74) is 9.30. The third-order valence-electron chi connectivity index (χ3n) is 6.59. The summed E-state index contributed by atoms with van der Waals surface area (Å²) in [6, 6.07) is 7.87. The molecule has 2 fully saturated rings. The molecule has 0 aliphatic carbocycles. The number of anilines is 1. The van der Waals surface area contributed by atoms with Gasteiger partial charge in [0, 0.05) is 26.2 Å². The van der Waals surface area contributed by atoms with Crippen LogP contribution >= 0.6 is 0 Å². The molecule has 0 bridgehead atoms. The Balaban J connectivity index is 1.17. The van der Waals surface area contributed by atoms with Crippen molar-refractivity contribution in [1.29, 1.82) is 0 Å². The number of aromatic nitrogens is 4. The number of likely N-dealkylation sites (N-methyl/N-ethyl adjacent to an activating group) is 1. The third-order valence-corrected chi connectivity index (χ3v) is 6.59. The number of hydrogen-bond donors (Lipinski definition) is 3. The highest BCUT2D eigenvalue weighted by Gasteiger charge is 2.56. The van der Waals surface area contributed by atoms with E-state index in [9.17, 15) is 4.79 Å². The lowest BCUT2D eigenvalue weighted by Crippen LogP contribution is -2.43. The molecule has 4 heterocycles. The molecule has 12 nitrogen and oxygen atoms in total. The summed E-state index contributed by atoms with van der Waals surface area (Å²) in [4.78, 5) is 27.1. The van der Waals surface area contributed by atoms with Crippen LogP contribution in [0.5, 0.6) is 0 Å². The number of nitrogens with zero attached hydrogens (tertiary/aromatic N) is 5. The second-order valence-corrected chi connectivity index (χ2v) is 10.1. The van der Waals surface area contributed by atoms with Gasteiger partial charge in [-0.2, -0.15) is 0 Å². The molecule has 2 saturated heterocycles. The largest absolute Gasteiger partial charge is 0.382 e. The van der Waals surface area contributed by atoms with Crippen molar-refractivity contribution in [2.75, 3.05) is 32.4 Å². The van der Waals surface area contributed by atoms with E-state index in [1.165, 1.54) is 11.9 Å². The van der Waals surface area contributed by atoms with E-state index in [2.05, 4.69) is 36.6 Å². The highest BCUT2D eigenvalue weighted by atomic mass is 16.8. The van der Waals surface area contributed by atoms with Gasteiger partial charge in [0.15, 0.2) is 23.5 Å². The smallest absolute Gasteiger partial charge is 0.315 e. The van der Waals surface area contributed by atoms with Gasteiger partial charge in [-0.3, -0.25) is 4.57 Å². The van der Waals surface area contributed by atoms with Gasteiger partial charge in [0.1, 0.15) is 30.2 Å². The molecule has 2 amide bonds. The molecule has 5 rings (SSSR count). The Morgan fingerprint density at radius 3 is 2.81 bits per heavy atom. The van der Waals surface area contributed by atoms with Crippen LogP contribution in [0.15, 0.2) is 36.9 Å². The average molecular weight is 511 g/mol. The third kappa shape index (κ3) is 5.52. The van der Waals surface area contributed by atoms with Crippen LogP contribution in [0.4, 0.5) is 10.6 Å². The molecule has 12 heteroatoms. The first-order chi connectivity index (χ1) is 17.7. The number of nitrogens with one attached hydrogen (secondary N) is 2. The van der Waals surface area contributed by atoms with Crippen LogP contribution in [-0.2, 0) is 20.8 Å². The fourth-order valence-electron chi connectivity index (χ4n) is 4.91. The highest BCUT2D eigenvalue weighted by Crippen LogP contribution is 2.43. The van der Waals surface area contributed by atoms with Gasteiger partial charge < -0.3 is 35.5 Å². The highest BCUT2D eigenvalue weighted by molar-refractivity contribution is 5.81. The topological polar surface area (TPSA) is 142 Å². The molecule has 0 saturated carbocycles. The molecule has 2 aliphatic heterocycles. The van der Waals surface area contributed by atoms with E-state index in [1.54, 1.807) is 6.33 Å². The molecule has 0 radical (unpaired) electrons. The number of amides is 2. The lowest BCUT2D eigenvalue weighted by molar-refractivity contribution is -0.197. The second-order valence-electron chi connectivity index (χ2n) is 10.1. The Labute approximate surface area is 215 Å². The molecule has 1 unspecified atom stereocenters. The molecule has 0 spiro atoms. The Bertz CT molecular complexity index is 1260. The predicted molar refractivity (Wildman–Crippen MR) is 136 cm³/mol. The number of fused-ring (bicyclic) bond motifs is 2. The Morgan fingerprint density at radius 1 is 1.19 bits per heavy atom. The van der Waals surface area contributed by atoms with Crippen LogP contribution in [0.2, 0.25) is 0 Å². The standard InChI is InChI=1S/C25H34N8O4/c1-15-6-5-7-16(10-15)11-28-24(34)27-8-9-32(4)12-17-19-20(37-25(2,3)36-19)23(35-17)33-14-31-18-21(26)29-13-30-22(18)33/h5-7,10,13-14,17,19-20,23H,8-9,11-12H2,1-4H3,(H2,26,29,30)(H2,27,28,34)/t17-,19-,20-,23?/m1/s1. The lowest BCUT2D eigenvalue weighted by Gasteiger charge is -2.27. The summed E-state index contributed by atoms with van der Waals surface area (Å²) in [5, 5.41) is 5.81. The first kappa shape index (κ1) is 25.3. The van der Waals surface area contributed by atoms with Crippen molar-refractivity contribution in [2.45, 2.75) is 57.6 Å². The maximum absolute atomic E-state index is 12.2. The number of carbonyl (C=O) groups is 1. The molecule has 2 aromatic heterocycles. The van der Waals surface area contributed by atoms with Gasteiger partial charge in [0.25, 0.3) is 0 Å². The van der Waals surface area contributed by atoms with E-state index < -0.39 is 12.0 Å². The summed E-state index contributed by atoms with van der Waals surface area (Å²) < 4.78 is 20.7.